The van der Waals surface area contributed by atoms with Gasteiger partial charge in [0.25, 0.3) is 5.69 Å². The Hall–Kier alpha value is -3.13. The van der Waals surface area contributed by atoms with E-state index in [1.807, 2.05) is 41.8 Å². The molecule has 3 aromatic carbocycles. The minimum absolute atomic E-state index is 0.0398. The molecule has 0 aliphatic heterocycles. The van der Waals surface area contributed by atoms with Gasteiger partial charge in [-0.1, -0.05) is 53.5 Å². The monoisotopic (exact) mass is 484 g/mol. The Morgan fingerprint density at radius 1 is 1.03 bits per heavy atom. The van der Waals surface area contributed by atoms with Gasteiger partial charge in [-0.15, -0.1) is 11.3 Å². The molecule has 0 bridgehead atoms. The third-order valence-corrected chi connectivity index (χ3v) is 6.15. The van der Waals surface area contributed by atoms with Crippen LogP contribution in [0.4, 0.5) is 17.1 Å². The molecule has 0 saturated carbocycles. The third-order valence-electron chi connectivity index (χ3n) is 4.74. The van der Waals surface area contributed by atoms with Crippen LogP contribution in [0.25, 0.3) is 11.3 Å². The van der Waals surface area contributed by atoms with Gasteiger partial charge in [0.2, 0.25) is 0 Å². The summed E-state index contributed by atoms with van der Waals surface area (Å²) >= 11 is 14.1. The van der Waals surface area contributed by atoms with Crippen LogP contribution < -0.4 is 10.1 Å². The largest absolute Gasteiger partial charge is 0.378 e. The molecule has 0 amide bonds. The normalized spacial score (nSPS) is 11.5. The van der Waals surface area contributed by atoms with Crippen LogP contribution >= 0.6 is 34.5 Å². The summed E-state index contributed by atoms with van der Waals surface area (Å²) in [4.78, 5) is 16.5. The van der Waals surface area contributed by atoms with Crippen LogP contribution in [0.2, 0.25) is 10.0 Å². The highest BCUT2D eigenvalue weighted by molar-refractivity contribution is 7.07. The lowest BCUT2D eigenvalue weighted by Gasteiger charge is -2.12. The predicted molar refractivity (Wildman–Crippen MR) is 131 cm³/mol. The van der Waals surface area contributed by atoms with E-state index in [1.165, 1.54) is 17.4 Å². The van der Waals surface area contributed by atoms with E-state index >= 15 is 0 Å². The van der Waals surface area contributed by atoms with Gasteiger partial charge in [-0.2, -0.15) is 0 Å². The molecule has 0 saturated heterocycles. The van der Waals surface area contributed by atoms with Gasteiger partial charge in [-0.25, -0.2) is 4.99 Å². The van der Waals surface area contributed by atoms with E-state index in [-0.39, 0.29) is 5.69 Å². The topological polar surface area (TPSA) is 72.5 Å². The summed E-state index contributed by atoms with van der Waals surface area (Å²) in [5, 5.41) is 17.6. The van der Waals surface area contributed by atoms with Gasteiger partial charge in [0.05, 0.1) is 21.3 Å². The number of nitro groups is 1. The summed E-state index contributed by atoms with van der Waals surface area (Å²) in [7, 11) is 0. The zero-order valence-corrected chi connectivity index (χ0v) is 19.1. The number of aromatic nitrogens is 1. The summed E-state index contributed by atoms with van der Waals surface area (Å²) < 4.78 is 2.05. The maximum atomic E-state index is 11.3. The number of hydrogen-bond donors (Lipinski definition) is 1. The average molecular weight is 485 g/mol. The van der Waals surface area contributed by atoms with Crippen LogP contribution in [-0.2, 0) is 6.54 Å². The molecule has 0 aliphatic carbocycles. The van der Waals surface area contributed by atoms with Gasteiger partial charge in [0.1, 0.15) is 5.69 Å². The first-order chi connectivity index (χ1) is 15.5. The zero-order valence-electron chi connectivity index (χ0n) is 16.7. The highest BCUT2D eigenvalue weighted by Gasteiger charge is 2.14. The molecule has 0 aliphatic rings. The predicted octanol–water partition coefficient (Wildman–Crippen LogP) is 6.78. The van der Waals surface area contributed by atoms with Crippen molar-refractivity contribution in [2.24, 2.45) is 4.99 Å². The molecule has 0 spiro atoms. The Kier molecular flexibility index (Phi) is 6.90. The average Bonchev–Trinajstić information content (AvgIpc) is 3.17. The molecule has 4 rings (SSSR count). The lowest BCUT2D eigenvalue weighted by Crippen LogP contribution is -2.21. The lowest BCUT2D eigenvalue weighted by molar-refractivity contribution is -0.384. The number of rotatable bonds is 7. The number of benzene rings is 3. The fourth-order valence-corrected chi connectivity index (χ4v) is 4.70. The number of thiazole rings is 1. The third kappa shape index (κ3) is 5.02. The Labute approximate surface area is 198 Å². The smallest absolute Gasteiger partial charge is 0.292 e. The van der Waals surface area contributed by atoms with Crippen LogP contribution in [0.3, 0.4) is 0 Å². The minimum atomic E-state index is -0.394. The molecule has 1 heterocycles. The summed E-state index contributed by atoms with van der Waals surface area (Å²) in [6.45, 7) is 0.983. The van der Waals surface area contributed by atoms with Crippen molar-refractivity contribution in [3.63, 3.8) is 0 Å². The first kappa shape index (κ1) is 22.1. The van der Waals surface area contributed by atoms with Crippen LogP contribution in [0.1, 0.15) is 0 Å². The van der Waals surface area contributed by atoms with E-state index in [2.05, 4.69) is 9.88 Å². The second-order valence-electron chi connectivity index (χ2n) is 6.83. The van der Waals surface area contributed by atoms with Crippen molar-refractivity contribution < 1.29 is 4.92 Å². The van der Waals surface area contributed by atoms with Crippen molar-refractivity contribution in [1.82, 2.24) is 4.57 Å². The van der Waals surface area contributed by atoms with Crippen LogP contribution in [0, 0.1) is 10.1 Å². The Morgan fingerprint density at radius 2 is 1.78 bits per heavy atom. The minimum Gasteiger partial charge on any atom is -0.378 e. The first-order valence-electron chi connectivity index (χ1n) is 9.74. The van der Waals surface area contributed by atoms with Gasteiger partial charge in [-0.05, 0) is 36.4 Å². The molecule has 162 valence electrons. The molecule has 6 nitrogen and oxygen atoms in total. The quantitative estimate of drug-likeness (QED) is 0.232. The Bertz CT molecular complexity index is 1320. The SMILES string of the molecule is O=[N+]([O-])c1ccccc1NCCn1c(-c2ccc(Cl)cc2Cl)csc1=Nc1ccccc1. The van der Waals surface area contributed by atoms with Gasteiger partial charge >= 0.3 is 0 Å². The second-order valence-corrected chi connectivity index (χ2v) is 8.51. The van der Waals surface area contributed by atoms with Crippen molar-refractivity contribution >= 4 is 51.6 Å². The highest BCUT2D eigenvalue weighted by atomic mass is 35.5. The number of hydrogen-bond acceptors (Lipinski definition) is 5. The molecule has 32 heavy (non-hydrogen) atoms. The maximum Gasteiger partial charge on any atom is 0.292 e. The molecule has 0 fully saturated rings. The summed E-state index contributed by atoms with van der Waals surface area (Å²) in [5.41, 5.74) is 3.09. The van der Waals surface area contributed by atoms with Crippen molar-refractivity contribution in [3.05, 3.63) is 103 Å². The number of nitrogens with one attached hydrogen (secondary N) is 1. The molecule has 0 atom stereocenters. The van der Waals surface area contributed by atoms with Gasteiger partial charge in [-0.3, -0.25) is 10.1 Å². The highest BCUT2D eigenvalue weighted by Crippen LogP contribution is 2.31. The number of nitro benzene ring substituents is 1. The molecule has 9 heteroatoms. The van der Waals surface area contributed by atoms with E-state index in [0.717, 1.165) is 21.7 Å². The van der Waals surface area contributed by atoms with Crippen LogP contribution in [0.5, 0.6) is 0 Å². The van der Waals surface area contributed by atoms with E-state index in [0.29, 0.717) is 28.8 Å². The molecule has 0 unspecified atom stereocenters. The van der Waals surface area contributed by atoms with E-state index in [1.54, 1.807) is 30.3 Å². The molecule has 1 aromatic heterocycles. The lowest BCUT2D eigenvalue weighted by atomic mass is 10.1. The molecule has 1 N–H and O–H groups in total. The Morgan fingerprint density at radius 3 is 2.53 bits per heavy atom. The van der Waals surface area contributed by atoms with E-state index in [4.69, 9.17) is 28.2 Å². The molecular weight excluding hydrogens is 467 g/mol. The van der Waals surface area contributed by atoms with Crippen LogP contribution in [0.15, 0.2) is 83.2 Å². The van der Waals surface area contributed by atoms with E-state index in [9.17, 15) is 10.1 Å². The number of halogens is 2. The number of nitrogens with zero attached hydrogens (tertiary/aromatic N) is 3. The first-order valence-corrected chi connectivity index (χ1v) is 11.4. The molecular formula is C23H18Cl2N4O2S. The summed E-state index contributed by atoms with van der Waals surface area (Å²) in [6, 6.07) is 21.7. The maximum absolute atomic E-state index is 11.3. The van der Waals surface area contributed by atoms with Gasteiger partial charge in [0, 0.05) is 35.1 Å². The Balaban J connectivity index is 1.69. The second kappa shape index (κ2) is 9.99. The van der Waals surface area contributed by atoms with Crippen molar-refractivity contribution in [1.29, 1.82) is 0 Å². The fraction of sp³-hybridized carbons (Fsp3) is 0.0870. The summed E-state index contributed by atoms with van der Waals surface area (Å²) in [5.74, 6) is 0. The van der Waals surface area contributed by atoms with Crippen LogP contribution in [-0.4, -0.2) is 16.0 Å². The molecule has 4 aromatic rings. The fourth-order valence-electron chi connectivity index (χ4n) is 3.25. The molecule has 0 radical (unpaired) electrons. The van der Waals surface area contributed by atoms with Crippen molar-refractivity contribution in [3.8, 4) is 11.3 Å². The van der Waals surface area contributed by atoms with Crippen molar-refractivity contribution in [2.75, 3.05) is 11.9 Å². The number of anilines is 1. The standard InChI is InChI=1S/C23H18Cl2N4O2S/c24-16-10-11-18(19(25)14-16)22-15-32-23(27-17-6-2-1-3-7-17)28(22)13-12-26-20-8-4-5-9-21(20)29(30)31/h1-11,14-15,26H,12-13H2. The van der Waals surface area contributed by atoms with E-state index < -0.39 is 4.92 Å². The zero-order chi connectivity index (χ0) is 22.5. The number of para-hydroxylation sites is 3. The van der Waals surface area contributed by atoms with Gasteiger partial charge in [0.15, 0.2) is 4.80 Å². The van der Waals surface area contributed by atoms with Gasteiger partial charge < -0.3 is 9.88 Å². The van der Waals surface area contributed by atoms with Crippen molar-refractivity contribution in [2.45, 2.75) is 6.54 Å². The summed E-state index contributed by atoms with van der Waals surface area (Å²) in [6.07, 6.45) is 0.